The maximum atomic E-state index is 9.75. The van der Waals surface area contributed by atoms with Crippen molar-refractivity contribution >= 4 is 0 Å². The summed E-state index contributed by atoms with van der Waals surface area (Å²) in [5.74, 6) is 0.247. The summed E-state index contributed by atoms with van der Waals surface area (Å²) in [6.07, 6.45) is 0. The molecule has 3 nitrogen and oxygen atoms in total. The summed E-state index contributed by atoms with van der Waals surface area (Å²) >= 11 is 0. The summed E-state index contributed by atoms with van der Waals surface area (Å²) in [6, 6.07) is -0.128. The molecule has 0 aliphatic carbocycles. The second-order valence-electron chi connectivity index (χ2n) is 3.39. The van der Waals surface area contributed by atoms with E-state index < -0.39 is 5.60 Å². The van der Waals surface area contributed by atoms with Crippen molar-refractivity contribution in [1.82, 2.24) is 5.32 Å². The quantitative estimate of drug-likeness (QED) is 0.421. The van der Waals surface area contributed by atoms with Crippen LogP contribution >= 0.6 is 0 Å². The van der Waals surface area contributed by atoms with Gasteiger partial charge < -0.3 is 16.2 Å². The molecule has 1 fully saturated rings. The number of aliphatic hydroxyl groups is 1. The molecule has 60 valence electrons. The molecule has 1 heterocycles. The highest BCUT2D eigenvalue weighted by Gasteiger charge is 2.37. The van der Waals surface area contributed by atoms with Gasteiger partial charge in [0.15, 0.2) is 0 Å². The minimum absolute atomic E-state index is 0.128. The zero-order valence-electron chi connectivity index (χ0n) is 6.59. The third kappa shape index (κ3) is 1.17. The van der Waals surface area contributed by atoms with Crippen molar-refractivity contribution in [2.45, 2.75) is 25.5 Å². The highest BCUT2D eigenvalue weighted by atomic mass is 16.3. The van der Waals surface area contributed by atoms with E-state index in [0.717, 1.165) is 13.1 Å². The second-order valence-corrected chi connectivity index (χ2v) is 3.39. The molecule has 0 aromatic carbocycles. The first kappa shape index (κ1) is 7.98. The van der Waals surface area contributed by atoms with Gasteiger partial charge in [-0.1, -0.05) is 6.92 Å². The Labute approximate surface area is 61.6 Å². The van der Waals surface area contributed by atoms with Crippen LogP contribution in [0.1, 0.15) is 13.8 Å². The predicted octanol–water partition coefficient (Wildman–Crippen LogP) is -0.696. The van der Waals surface area contributed by atoms with E-state index in [0.29, 0.717) is 0 Å². The van der Waals surface area contributed by atoms with Gasteiger partial charge in [0.25, 0.3) is 0 Å². The van der Waals surface area contributed by atoms with E-state index in [1.807, 2.05) is 13.8 Å². The molecule has 1 aliphatic rings. The first-order chi connectivity index (χ1) is 4.55. The van der Waals surface area contributed by atoms with Crippen molar-refractivity contribution in [2.24, 2.45) is 11.7 Å². The Morgan fingerprint density at radius 3 is 2.60 bits per heavy atom. The molecule has 4 N–H and O–H groups in total. The number of hydrogen-bond acceptors (Lipinski definition) is 3. The SMILES string of the molecule is C[C@H]1CNC[C@@H](N)[C@@]1(C)O. The minimum Gasteiger partial charge on any atom is -0.388 e. The van der Waals surface area contributed by atoms with Gasteiger partial charge in [0.05, 0.1) is 5.60 Å². The fraction of sp³-hybridized carbons (Fsp3) is 1.00. The number of piperidine rings is 1. The molecule has 1 aliphatic heterocycles. The van der Waals surface area contributed by atoms with Crippen LogP contribution in [-0.4, -0.2) is 29.8 Å². The zero-order chi connectivity index (χ0) is 7.78. The lowest BCUT2D eigenvalue weighted by atomic mass is 9.81. The molecule has 0 amide bonds. The zero-order valence-corrected chi connectivity index (χ0v) is 6.59. The Balaban J connectivity index is 2.63. The van der Waals surface area contributed by atoms with Crippen LogP contribution in [0.4, 0.5) is 0 Å². The van der Waals surface area contributed by atoms with E-state index in [4.69, 9.17) is 5.73 Å². The summed E-state index contributed by atoms with van der Waals surface area (Å²) in [7, 11) is 0. The molecule has 0 saturated carbocycles. The van der Waals surface area contributed by atoms with Crippen LogP contribution in [-0.2, 0) is 0 Å². The molecule has 0 spiro atoms. The maximum absolute atomic E-state index is 9.75. The standard InChI is InChI=1S/C7H16N2O/c1-5-3-9-4-6(8)7(5,2)10/h5-6,9-10H,3-4,8H2,1-2H3/t5-,6+,7-/m0/s1. The Morgan fingerprint density at radius 2 is 2.20 bits per heavy atom. The summed E-state index contributed by atoms with van der Waals surface area (Å²) in [5, 5.41) is 12.9. The molecule has 10 heavy (non-hydrogen) atoms. The van der Waals surface area contributed by atoms with Crippen molar-refractivity contribution in [1.29, 1.82) is 0 Å². The van der Waals surface area contributed by atoms with Crippen LogP contribution in [0.25, 0.3) is 0 Å². The highest BCUT2D eigenvalue weighted by molar-refractivity contribution is 4.95. The fourth-order valence-corrected chi connectivity index (χ4v) is 1.23. The van der Waals surface area contributed by atoms with E-state index in [-0.39, 0.29) is 12.0 Å². The van der Waals surface area contributed by atoms with Crippen molar-refractivity contribution < 1.29 is 5.11 Å². The van der Waals surface area contributed by atoms with E-state index in [2.05, 4.69) is 5.32 Å². The van der Waals surface area contributed by atoms with Crippen LogP contribution < -0.4 is 11.1 Å². The van der Waals surface area contributed by atoms with E-state index in [1.54, 1.807) is 0 Å². The van der Waals surface area contributed by atoms with Crippen LogP contribution in [0.2, 0.25) is 0 Å². The van der Waals surface area contributed by atoms with Gasteiger partial charge in [0.1, 0.15) is 0 Å². The third-order valence-electron chi connectivity index (χ3n) is 2.56. The summed E-state index contributed by atoms with van der Waals surface area (Å²) in [6.45, 7) is 5.40. The van der Waals surface area contributed by atoms with Gasteiger partial charge in [0, 0.05) is 19.1 Å². The van der Waals surface area contributed by atoms with Crippen LogP contribution in [0.5, 0.6) is 0 Å². The number of rotatable bonds is 0. The van der Waals surface area contributed by atoms with Crippen molar-refractivity contribution in [2.75, 3.05) is 13.1 Å². The first-order valence-corrected chi connectivity index (χ1v) is 3.74. The molecule has 0 bridgehead atoms. The summed E-state index contributed by atoms with van der Waals surface area (Å²) in [5.41, 5.74) is 5.00. The minimum atomic E-state index is -0.689. The molecule has 1 saturated heterocycles. The third-order valence-corrected chi connectivity index (χ3v) is 2.56. The summed E-state index contributed by atoms with van der Waals surface area (Å²) in [4.78, 5) is 0. The molecular formula is C7H16N2O. The molecule has 0 unspecified atom stereocenters. The molecule has 0 aromatic rings. The van der Waals surface area contributed by atoms with Crippen LogP contribution in [0.15, 0.2) is 0 Å². The van der Waals surface area contributed by atoms with Gasteiger partial charge in [-0.15, -0.1) is 0 Å². The first-order valence-electron chi connectivity index (χ1n) is 3.74. The Morgan fingerprint density at radius 1 is 1.60 bits per heavy atom. The maximum Gasteiger partial charge on any atom is 0.0819 e. The van der Waals surface area contributed by atoms with Gasteiger partial charge in [0.2, 0.25) is 0 Å². The van der Waals surface area contributed by atoms with Crippen molar-refractivity contribution in [3.05, 3.63) is 0 Å². The van der Waals surface area contributed by atoms with E-state index in [1.165, 1.54) is 0 Å². The Kier molecular flexibility index (Phi) is 1.99. The van der Waals surface area contributed by atoms with Gasteiger partial charge in [-0.25, -0.2) is 0 Å². The van der Waals surface area contributed by atoms with Gasteiger partial charge in [-0.05, 0) is 12.8 Å². The Bertz CT molecular complexity index is 113. The lowest BCUT2D eigenvalue weighted by Gasteiger charge is -2.40. The normalized spacial score (nSPS) is 49.2. The largest absolute Gasteiger partial charge is 0.388 e. The van der Waals surface area contributed by atoms with Crippen molar-refractivity contribution in [3.63, 3.8) is 0 Å². The van der Waals surface area contributed by atoms with Crippen molar-refractivity contribution in [3.8, 4) is 0 Å². The van der Waals surface area contributed by atoms with E-state index in [9.17, 15) is 5.11 Å². The van der Waals surface area contributed by atoms with Gasteiger partial charge in [-0.3, -0.25) is 0 Å². The lowest BCUT2D eigenvalue weighted by Crippen LogP contribution is -2.61. The highest BCUT2D eigenvalue weighted by Crippen LogP contribution is 2.21. The van der Waals surface area contributed by atoms with E-state index >= 15 is 0 Å². The van der Waals surface area contributed by atoms with Crippen LogP contribution in [0.3, 0.4) is 0 Å². The topological polar surface area (TPSA) is 58.3 Å². The van der Waals surface area contributed by atoms with Gasteiger partial charge >= 0.3 is 0 Å². The molecular weight excluding hydrogens is 128 g/mol. The number of nitrogens with two attached hydrogens (primary N) is 1. The summed E-state index contributed by atoms with van der Waals surface area (Å²) < 4.78 is 0. The molecule has 0 aromatic heterocycles. The monoisotopic (exact) mass is 144 g/mol. The second kappa shape index (κ2) is 2.49. The molecule has 3 atom stereocenters. The Hall–Kier alpha value is -0.120. The smallest absolute Gasteiger partial charge is 0.0819 e. The lowest BCUT2D eigenvalue weighted by molar-refractivity contribution is -0.0326. The average molecular weight is 144 g/mol. The fourth-order valence-electron chi connectivity index (χ4n) is 1.23. The number of nitrogens with one attached hydrogen (secondary N) is 1. The van der Waals surface area contributed by atoms with Crippen LogP contribution in [0, 0.1) is 5.92 Å². The average Bonchev–Trinajstić information content (AvgIpc) is 1.84. The number of hydrogen-bond donors (Lipinski definition) is 3. The predicted molar refractivity (Wildman–Crippen MR) is 40.6 cm³/mol. The molecule has 1 rings (SSSR count). The van der Waals surface area contributed by atoms with Gasteiger partial charge in [-0.2, -0.15) is 0 Å². The molecule has 0 radical (unpaired) electrons. The molecule has 3 heteroatoms.